The van der Waals surface area contributed by atoms with Crippen LogP contribution in [0.25, 0.3) is 0 Å². The third-order valence-corrected chi connectivity index (χ3v) is 4.37. The van der Waals surface area contributed by atoms with Gasteiger partial charge in [-0.3, -0.25) is 0 Å². The Morgan fingerprint density at radius 1 is 1.04 bits per heavy atom. The predicted octanol–water partition coefficient (Wildman–Crippen LogP) is 4.31. The molecule has 0 atom stereocenters. The van der Waals surface area contributed by atoms with Gasteiger partial charge in [0, 0.05) is 24.1 Å². The summed E-state index contributed by atoms with van der Waals surface area (Å²) in [5, 5.41) is 3.25. The number of benzene rings is 2. The number of aromatic nitrogens is 2. The molecule has 0 fully saturated rings. The van der Waals surface area contributed by atoms with Crippen LogP contribution in [0.15, 0.2) is 60.8 Å². The van der Waals surface area contributed by atoms with Crippen LogP contribution in [-0.2, 0) is 6.42 Å². The largest absolute Gasteiger partial charge is 0.497 e. The Labute approximate surface area is 147 Å². The molecule has 25 heavy (non-hydrogen) atoms. The summed E-state index contributed by atoms with van der Waals surface area (Å²) in [6, 6.07) is 18.2. The van der Waals surface area contributed by atoms with Crippen molar-refractivity contribution >= 4 is 23.1 Å². The molecule has 5 nitrogen and oxygen atoms in total. The highest BCUT2D eigenvalue weighted by molar-refractivity contribution is 5.66. The normalized spacial score (nSPS) is 13.2. The number of nitrogens with one attached hydrogen (secondary N) is 1. The van der Waals surface area contributed by atoms with Gasteiger partial charge in [-0.15, -0.1) is 0 Å². The lowest BCUT2D eigenvalue weighted by Crippen LogP contribution is -2.25. The van der Waals surface area contributed by atoms with Gasteiger partial charge < -0.3 is 15.0 Å². The van der Waals surface area contributed by atoms with Crippen LogP contribution in [0.1, 0.15) is 12.0 Å². The van der Waals surface area contributed by atoms with Crippen molar-refractivity contribution in [1.82, 2.24) is 9.97 Å². The SMILES string of the molecule is COc1ccc(Nc2nccc(N3CCCc4ccccc43)n2)cc1. The molecule has 1 aliphatic rings. The quantitative estimate of drug-likeness (QED) is 0.771. The molecule has 0 bridgehead atoms. The molecule has 0 amide bonds. The van der Waals surface area contributed by atoms with Crippen LogP contribution in [0.3, 0.4) is 0 Å². The molecule has 2 aromatic carbocycles. The van der Waals surface area contributed by atoms with E-state index in [9.17, 15) is 0 Å². The average molecular weight is 332 g/mol. The lowest BCUT2D eigenvalue weighted by molar-refractivity contribution is 0.415. The number of ether oxygens (including phenoxy) is 1. The maximum atomic E-state index is 5.19. The van der Waals surface area contributed by atoms with Crippen molar-refractivity contribution in [3.63, 3.8) is 0 Å². The molecule has 2 heterocycles. The topological polar surface area (TPSA) is 50.3 Å². The minimum Gasteiger partial charge on any atom is -0.497 e. The highest BCUT2D eigenvalue weighted by Gasteiger charge is 2.19. The van der Waals surface area contributed by atoms with Crippen molar-refractivity contribution in [2.24, 2.45) is 0 Å². The monoisotopic (exact) mass is 332 g/mol. The minimum atomic E-state index is 0.589. The fraction of sp³-hybridized carbons (Fsp3) is 0.200. The molecule has 1 N–H and O–H groups in total. The van der Waals surface area contributed by atoms with Crippen molar-refractivity contribution in [3.05, 3.63) is 66.4 Å². The van der Waals surface area contributed by atoms with Crippen molar-refractivity contribution < 1.29 is 4.74 Å². The van der Waals surface area contributed by atoms with Gasteiger partial charge >= 0.3 is 0 Å². The Hall–Kier alpha value is -3.08. The van der Waals surface area contributed by atoms with Gasteiger partial charge in [0.15, 0.2) is 0 Å². The number of nitrogens with zero attached hydrogens (tertiary/aromatic N) is 3. The smallest absolute Gasteiger partial charge is 0.229 e. The maximum absolute atomic E-state index is 5.19. The van der Waals surface area contributed by atoms with E-state index in [4.69, 9.17) is 9.72 Å². The first kappa shape index (κ1) is 15.4. The second-order valence-electron chi connectivity index (χ2n) is 5.98. The fourth-order valence-corrected chi connectivity index (χ4v) is 3.13. The van der Waals surface area contributed by atoms with Crippen LogP contribution >= 0.6 is 0 Å². The highest BCUT2D eigenvalue weighted by atomic mass is 16.5. The number of aryl methyl sites for hydroxylation is 1. The number of methoxy groups -OCH3 is 1. The van der Waals surface area contributed by atoms with Crippen molar-refractivity contribution in [3.8, 4) is 5.75 Å². The lowest BCUT2D eigenvalue weighted by atomic mass is 10.0. The first-order valence-electron chi connectivity index (χ1n) is 8.43. The summed E-state index contributed by atoms with van der Waals surface area (Å²) in [5.74, 6) is 2.33. The molecular formula is C20H20N4O. The summed E-state index contributed by atoms with van der Waals surface area (Å²) in [7, 11) is 1.66. The van der Waals surface area contributed by atoms with Gasteiger partial charge in [-0.1, -0.05) is 18.2 Å². The van der Waals surface area contributed by atoms with Crippen LogP contribution in [-0.4, -0.2) is 23.6 Å². The zero-order chi connectivity index (χ0) is 17.1. The van der Waals surface area contributed by atoms with Crippen LogP contribution in [0, 0.1) is 0 Å². The number of rotatable bonds is 4. The predicted molar refractivity (Wildman–Crippen MR) is 100 cm³/mol. The summed E-state index contributed by atoms with van der Waals surface area (Å²) < 4.78 is 5.19. The van der Waals surface area contributed by atoms with Crippen LogP contribution < -0.4 is 15.0 Å². The van der Waals surface area contributed by atoms with Gasteiger partial charge in [-0.2, -0.15) is 4.98 Å². The molecule has 0 saturated carbocycles. The molecule has 0 aliphatic carbocycles. The number of anilines is 4. The van der Waals surface area contributed by atoms with Crippen LogP contribution in [0.5, 0.6) is 5.75 Å². The fourth-order valence-electron chi connectivity index (χ4n) is 3.13. The molecule has 3 aromatic rings. The summed E-state index contributed by atoms with van der Waals surface area (Å²) in [5.41, 5.74) is 3.54. The molecule has 0 unspecified atom stereocenters. The molecule has 5 heteroatoms. The summed E-state index contributed by atoms with van der Waals surface area (Å²) >= 11 is 0. The highest BCUT2D eigenvalue weighted by Crippen LogP contribution is 2.32. The molecule has 126 valence electrons. The van der Waals surface area contributed by atoms with E-state index in [2.05, 4.69) is 39.5 Å². The van der Waals surface area contributed by atoms with E-state index in [1.165, 1.54) is 11.3 Å². The van der Waals surface area contributed by atoms with Gasteiger partial charge in [0.05, 0.1) is 7.11 Å². The van der Waals surface area contributed by atoms with E-state index in [-0.39, 0.29) is 0 Å². The minimum absolute atomic E-state index is 0.589. The average Bonchev–Trinajstić information content (AvgIpc) is 2.68. The molecule has 0 spiro atoms. The van der Waals surface area contributed by atoms with Crippen molar-refractivity contribution in [2.75, 3.05) is 23.9 Å². The van der Waals surface area contributed by atoms with Crippen molar-refractivity contribution in [1.29, 1.82) is 0 Å². The van der Waals surface area contributed by atoms with Gasteiger partial charge in [0.25, 0.3) is 0 Å². The van der Waals surface area contributed by atoms with E-state index in [0.29, 0.717) is 5.95 Å². The first-order chi connectivity index (χ1) is 12.3. The number of fused-ring (bicyclic) bond motifs is 1. The third-order valence-electron chi connectivity index (χ3n) is 4.37. The number of para-hydroxylation sites is 1. The van der Waals surface area contributed by atoms with E-state index >= 15 is 0 Å². The Bertz CT molecular complexity index is 864. The van der Waals surface area contributed by atoms with Crippen LogP contribution in [0.4, 0.5) is 23.1 Å². The van der Waals surface area contributed by atoms with E-state index in [1.807, 2.05) is 30.3 Å². The molecule has 1 aliphatic heterocycles. The standard InChI is InChI=1S/C20H20N4O/c1-25-17-10-8-16(9-11-17)22-20-21-13-12-19(23-20)24-14-4-6-15-5-2-3-7-18(15)24/h2-3,5,7-13H,4,6,14H2,1H3,(H,21,22,23). The Morgan fingerprint density at radius 3 is 2.72 bits per heavy atom. The zero-order valence-electron chi connectivity index (χ0n) is 14.1. The number of hydrogen-bond donors (Lipinski definition) is 1. The molecule has 0 radical (unpaired) electrons. The summed E-state index contributed by atoms with van der Waals surface area (Å²) in [6.45, 7) is 0.968. The Balaban J connectivity index is 1.59. The maximum Gasteiger partial charge on any atom is 0.229 e. The Kier molecular flexibility index (Phi) is 4.21. The molecule has 0 saturated heterocycles. The van der Waals surface area contributed by atoms with Gasteiger partial charge in [-0.25, -0.2) is 4.98 Å². The first-order valence-corrected chi connectivity index (χ1v) is 8.43. The third kappa shape index (κ3) is 3.26. The number of hydrogen-bond acceptors (Lipinski definition) is 5. The molecule has 4 rings (SSSR count). The van der Waals surface area contributed by atoms with Crippen molar-refractivity contribution in [2.45, 2.75) is 12.8 Å². The Morgan fingerprint density at radius 2 is 1.88 bits per heavy atom. The van der Waals surface area contributed by atoms with Gasteiger partial charge in [-0.05, 0) is 54.8 Å². The van der Waals surface area contributed by atoms with Gasteiger partial charge in [0.2, 0.25) is 5.95 Å². The molecule has 1 aromatic heterocycles. The summed E-state index contributed by atoms with van der Waals surface area (Å²) in [6.07, 6.45) is 4.04. The van der Waals surface area contributed by atoms with E-state index in [1.54, 1.807) is 13.3 Å². The van der Waals surface area contributed by atoms with Gasteiger partial charge in [0.1, 0.15) is 11.6 Å². The van der Waals surface area contributed by atoms with E-state index in [0.717, 1.165) is 36.6 Å². The van der Waals surface area contributed by atoms with E-state index < -0.39 is 0 Å². The van der Waals surface area contributed by atoms with Crippen LogP contribution in [0.2, 0.25) is 0 Å². The summed E-state index contributed by atoms with van der Waals surface area (Å²) in [4.78, 5) is 11.3. The second kappa shape index (κ2) is 6.81. The molecular weight excluding hydrogens is 312 g/mol. The zero-order valence-corrected chi connectivity index (χ0v) is 14.1. The second-order valence-corrected chi connectivity index (χ2v) is 5.98. The lowest BCUT2D eigenvalue weighted by Gasteiger charge is -2.30.